The predicted octanol–water partition coefficient (Wildman–Crippen LogP) is 3.90. The zero-order valence-electron chi connectivity index (χ0n) is 13.2. The fraction of sp³-hybridized carbons (Fsp3) is 0.222. The molecule has 4 rings (SSSR count). The van der Waals surface area contributed by atoms with Crippen LogP contribution in [0.2, 0.25) is 0 Å². The molecule has 2 aromatic carbocycles. The van der Waals surface area contributed by atoms with Crippen LogP contribution in [0.25, 0.3) is 31.6 Å². The molecule has 4 aromatic rings. The van der Waals surface area contributed by atoms with Crippen molar-refractivity contribution in [2.75, 3.05) is 0 Å². The summed E-state index contributed by atoms with van der Waals surface area (Å²) in [5, 5.41) is 7.38. The third-order valence-corrected chi connectivity index (χ3v) is 5.61. The maximum Gasteiger partial charge on any atom is 0.309 e. The van der Waals surface area contributed by atoms with Gasteiger partial charge in [0, 0.05) is 32.2 Å². The Hall–Kier alpha value is -2.20. The summed E-state index contributed by atoms with van der Waals surface area (Å²) < 4.78 is 6.76. The number of aromatic nitrogens is 3. The monoisotopic (exact) mass is 308 g/mol. The van der Waals surface area contributed by atoms with Crippen molar-refractivity contribution in [2.24, 2.45) is 14.1 Å². The van der Waals surface area contributed by atoms with Gasteiger partial charge in [-0.25, -0.2) is 4.57 Å². The quantitative estimate of drug-likeness (QED) is 0.489. The smallest absolute Gasteiger partial charge is 0.231 e. The average molecular weight is 308 g/mol. The van der Waals surface area contributed by atoms with Crippen LogP contribution >= 0.6 is 11.3 Å². The van der Waals surface area contributed by atoms with Crippen molar-refractivity contribution >= 4 is 31.5 Å². The topological polar surface area (TPSA) is 21.7 Å². The summed E-state index contributed by atoms with van der Waals surface area (Å²) in [5.74, 6) is 2.17. The van der Waals surface area contributed by atoms with E-state index < -0.39 is 0 Å². The fourth-order valence-electron chi connectivity index (χ4n) is 3.01. The standard InChI is InChI=1S/C18H18N3S/c1-11-9-15-13-7-5-6-8-16(13)22-17(15)10-14(11)18-19-21(4)12(2)20(18)3/h5-10H,1-4H3/q+1. The van der Waals surface area contributed by atoms with Gasteiger partial charge >= 0.3 is 5.82 Å². The molecule has 0 bridgehead atoms. The van der Waals surface area contributed by atoms with Crippen LogP contribution in [-0.2, 0) is 14.1 Å². The van der Waals surface area contributed by atoms with Gasteiger partial charge in [0.1, 0.15) is 0 Å². The zero-order chi connectivity index (χ0) is 15.4. The molecule has 0 amide bonds. The highest BCUT2D eigenvalue weighted by Gasteiger charge is 2.21. The van der Waals surface area contributed by atoms with Crippen LogP contribution in [0.1, 0.15) is 11.4 Å². The molecule has 2 heterocycles. The molecule has 0 saturated carbocycles. The highest BCUT2D eigenvalue weighted by Crippen LogP contribution is 2.37. The molecular weight excluding hydrogens is 290 g/mol. The molecule has 4 heteroatoms. The lowest BCUT2D eigenvalue weighted by molar-refractivity contribution is -0.667. The highest BCUT2D eigenvalue weighted by atomic mass is 32.1. The second kappa shape index (κ2) is 4.65. The van der Waals surface area contributed by atoms with Crippen LogP contribution < -0.4 is 4.57 Å². The fourth-order valence-corrected chi connectivity index (χ4v) is 4.13. The first-order valence-corrected chi connectivity index (χ1v) is 8.20. The molecule has 110 valence electrons. The van der Waals surface area contributed by atoms with E-state index in [-0.39, 0.29) is 0 Å². The van der Waals surface area contributed by atoms with Gasteiger partial charge in [-0.15, -0.1) is 16.0 Å². The number of thiophene rings is 1. The van der Waals surface area contributed by atoms with Gasteiger partial charge in [-0.3, -0.25) is 0 Å². The minimum atomic E-state index is 1.02. The molecule has 0 saturated heterocycles. The van der Waals surface area contributed by atoms with Crippen molar-refractivity contribution in [1.82, 2.24) is 9.78 Å². The second-order valence-electron chi connectivity index (χ2n) is 5.81. The Kier molecular flexibility index (Phi) is 2.84. The number of benzene rings is 2. The molecule has 0 radical (unpaired) electrons. The van der Waals surface area contributed by atoms with E-state index in [2.05, 4.69) is 67.0 Å². The number of hydrogen-bond acceptors (Lipinski definition) is 2. The van der Waals surface area contributed by atoms with Gasteiger partial charge < -0.3 is 0 Å². The van der Waals surface area contributed by atoms with Gasteiger partial charge in [-0.05, 0) is 30.7 Å². The molecule has 0 aliphatic carbocycles. The largest absolute Gasteiger partial charge is 0.309 e. The van der Waals surface area contributed by atoms with Crippen molar-refractivity contribution in [3.05, 3.63) is 47.8 Å². The SMILES string of the molecule is Cc1cc2c(cc1-c1nn(C)c(C)[n+]1C)sc1ccccc12. The Morgan fingerprint density at radius 3 is 2.55 bits per heavy atom. The summed E-state index contributed by atoms with van der Waals surface area (Å²) in [5.41, 5.74) is 2.48. The first kappa shape index (κ1) is 13.5. The number of rotatable bonds is 1. The van der Waals surface area contributed by atoms with E-state index >= 15 is 0 Å². The summed E-state index contributed by atoms with van der Waals surface area (Å²) in [7, 11) is 4.07. The first-order valence-electron chi connectivity index (χ1n) is 7.38. The lowest BCUT2D eigenvalue weighted by Crippen LogP contribution is -2.32. The summed E-state index contributed by atoms with van der Waals surface area (Å²) in [4.78, 5) is 0. The summed E-state index contributed by atoms with van der Waals surface area (Å²) in [6, 6.07) is 13.2. The van der Waals surface area contributed by atoms with Crippen LogP contribution in [0.5, 0.6) is 0 Å². The second-order valence-corrected chi connectivity index (χ2v) is 6.90. The normalized spacial score (nSPS) is 11.6. The average Bonchev–Trinajstić information content (AvgIpc) is 2.99. The van der Waals surface area contributed by atoms with E-state index in [0.29, 0.717) is 0 Å². The molecule has 3 nitrogen and oxygen atoms in total. The van der Waals surface area contributed by atoms with E-state index in [0.717, 1.165) is 11.6 Å². The molecule has 0 unspecified atom stereocenters. The molecule has 0 aliphatic rings. The van der Waals surface area contributed by atoms with Crippen LogP contribution in [0.15, 0.2) is 36.4 Å². The minimum absolute atomic E-state index is 1.02. The maximum atomic E-state index is 4.69. The third kappa shape index (κ3) is 1.80. The van der Waals surface area contributed by atoms with Crippen molar-refractivity contribution in [1.29, 1.82) is 0 Å². The first-order chi connectivity index (χ1) is 10.6. The Morgan fingerprint density at radius 2 is 1.82 bits per heavy atom. The van der Waals surface area contributed by atoms with E-state index in [9.17, 15) is 0 Å². The van der Waals surface area contributed by atoms with E-state index in [1.807, 2.05) is 23.1 Å². The van der Waals surface area contributed by atoms with Gasteiger partial charge in [-0.1, -0.05) is 18.2 Å². The van der Waals surface area contributed by atoms with Crippen molar-refractivity contribution < 1.29 is 4.57 Å². The van der Waals surface area contributed by atoms with Gasteiger partial charge in [-0.2, -0.15) is 0 Å². The van der Waals surface area contributed by atoms with Crippen LogP contribution in [-0.4, -0.2) is 9.78 Å². The predicted molar refractivity (Wildman–Crippen MR) is 92.2 cm³/mol. The lowest BCUT2D eigenvalue weighted by atomic mass is 10.0. The number of aryl methyl sites for hydroxylation is 2. The number of hydrogen-bond donors (Lipinski definition) is 0. The van der Waals surface area contributed by atoms with Crippen molar-refractivity contribution in [3.8, 4) is 11.4 Å². The molecule has 0 N–H and O–H groups in total. The van der Waals surface area contributed by atoms with Gasteiger partial charge in [0.25, 0.3) is 0 Å². The molecule has 2 aromatic heterocycles. The van der Waals surface area contributed by atoms with E-state index in [4.69, 9.17) is 0 Å². The summed E-state index contributed by atoms with van der Waals surface area (Å²) in [6.07, 6.45) is 0. The van der Waals surface area contributed by atoms with Gasteiger partial charge in [0.05, 0.1) is 19.7 Å². The molecule has 0 atom stereocenters. The van der Waals surface area contributed by atoms with Gasteiger partial charge in [0.2, 0.25) is 5.82 Å². The lowest BCUT2D eigenvalue weighted by Gasteiger charge is -2.02. The summed E-state index contributed by atoms with van der Waals surface area (Å²) >= 11 is 1.85. The van der Waals surface area contributed by atoms with E-state index in [1.54, 1.807) is 0 Å². The Morgan fingerprint density at radius 1 is 1.05 bits per heavy atom. The molecule has 22 heavy (non-hydrogen) atoms. The molecular formula is C18H18N3S+. The minimum Gasteiger partial charge on any atom is -0.231 e. The Labute approximate surface area is 133 Å². The van der Waals surface area contributed by atoms with Crippen LogP contribution in [0, 0.1) is 13.8 Å². The molecule has 0 aliphatic heterocycles. The van der Waals surface area contributed by atoms with Crippen molar-refractivity contribution in [3.63, 3.8) is 0 Å². The number of nitrogens with zero attached hydrogens (tertiary/aromatic N) is 3. The van der Waals surface area contributed by atoms with Crippen molar-refractivity contribution in [2.45, 2.75) is 13.8 Å². The molecule has 0 fully saturated rings. The third-order valence-electron chi connectivity index (χ3n) is 4.48. The highest BCUT2D eigenvalue weighted by molar-refractivity contribution is 7.25. The summed E-state index contributed by atoms with van der Waals surface area (Å²) in [6.45, 7) is 4.26. The number of fused-ring (bicyclic) bond motifs is 3. The van der Waals surface area contributed by atoms with Gasteiger partial charge in [0.15, 0.2) is 0 Å². The molecule has 0 spiro atoms. The zero-order valence-corrected chi connectivity index (χ0v) is 14.0. The Balaban J connectivity index is 2.04. The Bertz CT molecular complexity index is 1020. The van der Waals surface area contributed by atoms with Crippen LogP contribution in [0.4, 0.5) is 0 Å². The maximum absolute atomic E-state index is 4.69. The van der Waals surface area contributed by atoms with E-state index in [1.165, 1.54) is 31.3 Å². The van der Waals surface area contributed by atoms with Crippen LogP contribution in [0.3, 0.4) is 0 Å².